The zero-order valence-electron chi connectivity index (χ0n) is 10.7. The Morgan fingerprint density at radius 3 is 2.89 bits per heavy atom. The highest BCUT2D eigenvalue weighted by molar-refractivity contribution is 9.10. The molecule has 0 aliphatic carbocycles. The lowest BCUT2D eigenvalue weighted by atomic mass is 9.94. The fraction of sp³-hybridized carbons (Fsp3) is 0.357. The summed E-state index contributed by atoms with van der Waals surface area (Å²) in [6, 6.07) is 6.08. The van der Waals surface area contributed by atoms with Crippen molar-refractivity contribution in [3.63, 3.8) is 0 Å². The monoisotopic (exact) mass is 340 g/mol. The third kappa shape index (κ3) is 3.35. The van der Waals surface area contributed by atoms with Crippen LogP contribution in [0.3, 0.4) is 0 Å². The first kappa shape index (κ1) is 14.5. The van der Waals surface area contributed by atoms with Gasteiger partial charge in [0.2, 0.25) is 5.91 Å². The number of carbonyl (C=O) groups excluding carboxylic acids is 1. The highest BCUT2D eigenvalue weighted by Crippen LogP contribution is 2.36. The molecule has 0 aliphatic heterocycles. The molecule has 2 unspecified atom stereocenters. The summed E-state index contributed by atoms with van der Waals surface area (Å²) in [5.74, 6) is -0.0628. The van der Waals surface area contributed by atoms with Crippen LogP contribution in [0.2, 0.25) is 0 Å². The summed E-state index contributed by atoms with van der Waals surface area (Å²) in [5, 5.41) is 3.30. The van der Waals surface area contributed by atoms with Crippen LogP contribution in [-0.2, 0) is 4.79 Å². The molecule has 1 heterocycles. The number of hydrogen-bond donors (Lipinski definition) is 2. The van der Waals surface area contributed by atoms with Gasteiger partial charge in [0.15, 0.2) is 0 Å². The second-order valence-electron chi connectivity index (χ2n) is 4.93. The van der Waals surface area contributed by atoms with Gasteiger partial charge >= 0.3 is 0 Å². The van der Waals surface area contributed by atoms with E-state index in [0.717, 1.165) is 16.5 Å². The number of nitrogens with two attached hydrogens (primary N) is 2. The predicted octanol–water partition coefficient (Wildman–Crippen LogP) is 3.57. The number of amides is 1. The van der Waals surface area contributed by atoms with Crippen molar-refractivity contribution in [2.24, 2.45) is 17.4 Å². The molecule has 0 fully saturated rings. The van der Waals surface area contributed by atoms with Gasteiger partial charge in [0, 0.05) is 21.6 Å². The van der Waals surface area contributed by atoms with E-state index in [1.54, 1.807) is 11.3 Å². The zero-order chi connectivity index (χ0) is 14.0. The van der Waals surface area contributed by atoms with Gasteiger partial charge in [-0.25, -0.2) is 0 Å². The minimum atomic E-state index is -0.266. The number of hydrogen-bond acceptors (Lipinski definition) is 3. The van der Waals surface area contributed by atoms with E-state index >= 15 is 0 Å². The zero-order valence-corrected chi connectivity index (χ0v) is 13.1. The third-order valence-electron chi connectivity index (χ3n) is 3.19. The quantitative estimate of drug-likeness (QED) is 0.873. The summed E-state index contributed by atoms with van der Waals surface area (Å²) in [6.07, 6.45) is 1.15. The smallest absolute Gasteiger partial charge is 0.217 e. The standard InChI is InChI=1S/C14H17BrN2OS/c1-8(6-13(17)18)5-12(16)10-7-19-14-9(10)3-2-4-11(14)15/h2-4,7-8,12H,5-6,16H2,1H3,(H2,17,18). The number of benzene rings is 1. The lowest BCUT2D eigenvalue weighted by Crippen LogP contribution is -2.19. The Morgan fingerprint density at radius 1 is 1.47 bits per heavy atom. The second-order valence-corrected chi connectivity index (χ2v) is 6.66. The first-order valence-corrected chi connectivity index (χ1v) is 7.85. The van der Waals surface area contributed by atoms with Crippen molar-refractivity contribution in [1.29, 1.82) is 0 Å². The molecule has 102 valence electrons. The van der Waals surface area contributed by atoms with Crippen LogP contribution in [0.4, 0.5) is 0 Å². The molecule has 0 saturated carbocycles. The summed E-state index contributed by atoms with van der Waals surface area (Å²) in [7, 11) is 0. The van der Waals surface area contributed by atoms with Crippen LogP contribution < -0.4 is 11.5 Å². The van der Waals surface area contributed by atoms with Crippen LogP contribution in [0.15, 0.2) is 28.1 Å². The maximum absolute atomic E-state index is 10.9. The largest absolute Gasteiger partial charge is 0.370 e. The van der Waals surface area contributed by atoms with Crippen LogP contribution in [0.1, 0.15) is 31.4 Å². The Labute approximate surface area is 125 Å². The van der Waals surface area contributed by atoms with Crippen LogP contribution in [0, 0.1) is 5.92 Å². The molecule has 0 saturated heterocycles. The van der Waals surface area contributed by atoms with Gasteiger partial charge in [-0.05, 0) is 50.7 Å². The van der Waals surface area contributed by atoms with E-state index in [1.165, 1.54) is 10.1 Å². The summed E-state index contributed by atoms with van der Waals surface area (Å²) in [4.78, 5) is 10.9. The van der Waals surface area contributed by atoms with Crippen LogP contribution in [0.25, 0.3) is 10.1 Å². The predicted molar refractivity (Wildman–Crippen MR) is 84.0 cm³/mol. The van der Waals surface area contributed by atoms with Crippen molar-refractivity contribution in [3.05, 3.63) is 33.6 Å². The summed E-state index contributed by atoms with van der Waals surface area (Å²) >= 11 is 5.24. The molecule has 2 atom stereocenters. The van der Waals surface area contributed by atoms with E-state index < -0.39 is 0 Å². The molecule has 0 radical (unpaired) electrons. The normalized spacial score (nSPS) is 14.5. The van der Waals surface area contributed by atoms with E-state index in [2.05, 4.69) is 27.4 Å². The number of thiophene rings is 1. The maximum atomic E-state index is 10.9. The maximum Gasteiger partial charge on any atom is 0.217 e. The van der Waals surface area contributed by atoms with Crippen molar-refractivity contribution in [1.82, 2.24) is 0 Å². The van der Waals surface area contributed by atoms with Gasteiger partial charge in [-0.1, -0.05) is 19.1 Å². The molecule has 0 bridgehead atoms. The first-order chi connectivity index (χ1) is 8.99. The Morgan fingerprint density at radius 2 is 2.21 bits per heavy atom. The molecule has 0 spiro atoms. The summed E-state index contributed by atoms with van der Waals surface area (Å²) in [6.45, 7) is 2.01. The van der Waals surface area contributed by atoms with Crippen molar-refractivity contribution in [2.75, 3.05) is 0 Å². The Hall–Kier alpha value is -0.910. The molecule has 19 heavy (non-hydrogen) atoms. The highest BCUT2D eigenvalue weighted by Gasteiger charge is 2.17. The Balaban J connectivity index is 2.20. The number of fused-ring (bicyclic) bond motifs is 1. The van der Waals surface area contributed by atoms with E-state index in [0.29, 0.717) is 6.42 Å². The van der Waals surface area contributed by atoms with Crippen molar-refractivity contribution in [2.45, 2.75) is 25.8 Å². The first-order valence-electron chi connectivity index (χ1n) is 6.18. The Kier molecular flexibility index (Phi) is 4.60. The lowest BCUT2D eigenvalue weighted by Gasteiger charge is -2.16. The molecule has 1 amide bonds. The van der Waals surface area contributed by atoms with Gasteiger partial charge in [0.25, 0.3) is 0 Å². The lowest BCUT2D eigenvalue weighted by molar-refractivity contribution is -0.118. The minimum absolute atomic E-state index is 0.0580. The molecule has 3 nitrogen and oxygen atoms in total. The fourth-order valence-corrected chi connectivity index (χ4v) is 4.00. The molecule has 2 rings (SSSR count). The number of carbonyl (C=O) groups is 1. The van der Waals surface area contributed by atoms with Gasteiger partial charge in [0.1, 0.15) is 0 Å². The fourth-order valence-electron chi connectivity index (χ4n) is 2.32. The summed E-state index contributed by atoms with van der Waals surface area (Å²) in [5.41, 5.74) is 12.6. The average Bonchev–Trinajstić information content (AvgIpc) is 2.72. The number of rotatable bonds is 5. The van der Waals surface area contributed by atoms with Gasteiger partial charge in [-0.3, -0.25) is 4.79 Å². The minimum Gasteiger partial charge on any atom is -0.370 e. The average molecular weight is 341 g/mol. The van der Waals surface area contributed by atoms with Crippen LogP contribution in [0.5, 0.6) is 0 Å². The summed E-state index contributed by atoms with van der Waals surface area (Å²) < 4.78 is 2.31. The topological polar surface area (TPSA) is 69.1 Å². The molecule has 1 aromatic heterocycles. The van der Waals surface area contributed by atoms with Gasteiger partial charge in [-0.15, -0.1) is 11.3 Å². The van der Waals surface area contributed by atoms with Crippen LogP contribution >= 0.6 is 27.3 Å². The Bertz CT molecular complexity index is 596. The molecular weight excluding hydrogens is 324 g/mol. The van der Waals surface area contributed by atoms with Gasteiger partial charge in [0.05, 0.1) is 0 Å². The number of primary amides is 1. The molecule has 2 aromatic rings. The SMILES string of the molecule is CC(CC(N)=O)CC(N)c1csc2c(Br)cccc12. The molecule has 0 aliphatic rings. The third-order valence-corrected chi connectivity index (χ3v) is 5.16. The van der Waals surface area contributed by atoms with E-state index in [-0.39, 0.29) is 17.9 Å². The van der Waals surface area contributed by atoms with Crippen molar-refractivity contribution < 1.29 is 4.79 Å². The van der Waals surface area contributed by atoms with Gasteiger partial charge < -0.3 is 11.5 Å². The highest BCUT2D eigenvalue weighted by atomic mass is 79.9. The second kappa shape index (κ2) is 6.03. The molecule has 5 heteroatoms. The molecule has 1 aromatic carbocycles. The van der Waals surface area contributed by atoms with E-state index in [9.17, 15) is 4.79 Å². The molecule has 4 N–H and O–H groups in total. The number of halogens is 1. The van der Waals surface area contributed by atoms with Crippen LogP contribution in [-0.4, -0.2) is 5.91 Å². The molecular formula is C14H17BrN2OS. The van der Waals surface area contributed by atoms with E-state index in [4.69, 9.17) is 11.5 Å². The van der Waals surface area contributed by atoms with Gasteiger partial charge in [-0.2, -0.15) is 0 Å². The van der Waals surface area contributed by atoms with E-state index in [1.807, 2.05) is 19.1 Å². The van der Waals surface area contributed by atoms with Crippen molar-refractivity contribution >= 4 is 43.3 Å². The van der Waals surface area contributed by atoms with Crippen molar-refractivity contribution in [3.8, 4) is 0 Å².